The molecule has 2 aliphatic carbocycles. The summed E-state index contributed by atoms with van der Waals surface area (Å²) >= 11 is 0. The van der Waals surface area contributed by atoms with Crippen molar-refractivity contribution in [3.63, 3.8) is 0 Å². The molecule has 2 aliphatic rings. The van der Waals surface area contributed by atoms with Crippen LogP contribution < -0.4 is 0 Å². The molecule has 0 aromatic heterocycles. The highest BCUT2D eigenvalue weighted by atomic mass is 28.4. The van der Waals surface area contributed by atoms with Gasteiger partial charge in [-0.05, 0) is 62.8 Å². The molecule has 16 heavy (non-hydrogen) atoms. The number of fused-ring (bicyclic) bond motifs is 2. The van der Waals surface area contributed by atoms with Crippen LogP contribution in [0.2, 0.25) is 32.2 Å². The molecule has 0 N–H and O–H groups in total. The maximum Gasteiger partial charge on any atom is 0.173 e. The van der Waals surface area contributed by atoms with Crippen LogP contribution in [0, 0.1) is 17.8 Å². The molecule has 3 heteroatoms. The van der Waals surface area contributed by atoms with E-state index < -0.39 is 17.4 Å². The van der Waals surface area contributed by atoms with E-state index >= 15 is 0 Å². The zero-order valence-electron chi connectivity index (χ0n) is 11.2. The molecule has 0 aromatic carbocycles. The summed E-state index contributed by atoms with van der Waals surface area (Å²) in [5.74, 6) is 2.84. The Kier molecular flexibility index (Phi) is 3.76. The second-order valence-corrected chi connectivity index (χ2v) is 13.6. The fraction of sp³-hybridized carbons (Fsp3) is 0.846. The van der Waals surface area contributed by atoms with Crippen molar-refractivity contribution in [3.05, 3.63) is 12.2 Å². The molecule has 3 unspecified atom stereocenters. The summed E-state index contributed by atoms with van der Waals surface area (Å²) in [7, 11) is -2.15. The minimum Gasteiger partial charge on any atom is -0.458 e. The van der Waals surface area contributed by atoms with E-state index in [1.807, 2.05) is 0 Å². The minimum absolute atomic E-state index is 0.827. The summed E-state index contributed by atoms with van der Waals surface area (Å²) in [6, 6.07) is 1.37. The lowest BCUT2D eigenvalue weighted by Gasteiger charge is -2.28. The van der Waals surface area contributed by atoms with Gasteiger partial charge >= 0.3 is 0 Å². The van der Waals surface area contributed by atoms with E-state index in [4.69, 9.17) is 4.12 Å². The molecule has 1 saturated carbocycles. The Balaban J connectivity index is 1.77. The maximum atomic E-state index is 6.24. The fourth-order valence-electron chi connectivity index (χ4n) is 3.46. The molecule has 0 heterocycles. The number of hydrogen-bond acceptors (Lipinski definition) is 1. The van der Waals surface area contributed by atoms with Gasteiger partial charge in [-0.2, -0.15) is 0 Å². The zero-order chi connectivity index (χ0) is 11.8. The van der Waals surface area contributed by atoms with Crippen molar-refractivity contribution in [2.75, 3.05) is 0 Å². The van der Waals surface area contributed by atoms with E-state index in [9.17, 15) is 0 Å². The third-order valence-corrected chi connectivity index (χ3v) is 10.0. The monoisotopic (exact) mass is 254 g/mol. The van der Waals surface area contributed by atoms with Crippen LogP contribution in [0.25, 0.3) is 0 Å². The van der Waals surface area contributed by atoms with E-state index in [2.05, 4.69) is 38.3 Å². The first kappa shape index (κ1) is 12.6. The van der Waals surface area contributed by atoms with Gasteiger partial charge in [0, 0.05) is 0 Å². The molecule has 0 spiro atoms. The van der Waals surface area contributed by atoms with Crippen molar-refractivity contribution >= 4 is 17.4 Å². The van der Waals surface area contributed by atoms with Gasteiger partial charge in [0.05, 0.1) is 0 Å². The average Bonchev–Trinajstić information content (AvgIpc) is 2.73. The van der Waals surface area contributed by atoms with Crippen molar-refractivity contribution in [1.82, 2.24) is 0 Å². The minimum atomic E-state index is -1.32. The predicted molar refractivity (Wildman–Crippen MR) is 75.7 cm³/mol. The molecule has 0 radical (unpaired) electrons. The molecular formula is C13H26OSi2. The van der Waals surface area contributed by atoms with Gasteiger partial charge in [-0.3, -0.25) is 0 Å². The predicted octanol–water partition coefficient (Wildman–Crippen LogP) is 3.79. The van der Waals surface area contributed by atoms with Gasteiger partial charge in [0.15, 0.2) is 17.4 Å². The Morgan fingerprint density at radius 3 is 2.50 bits per heavy atom. The number of allylic oxidation sites excluding steroid dienone is 2. The Labute approximate surface area is 103 Å². The molecule has 0 aromatic rings. The smallest absolute Gasteiger partial charge is 0.173 e. The molecule has 2 bridgehead atoms. The van der Waals surface area contributed by atoms with Gasteiger partial charge in [0.2, 0.25) is 0 Å². The summed E-state index contributed by atoms with van der Waals surface area (Å²) in [4.78, 5) is 0. The van der Waals surface area contributed by atoms with Gasteiger partial charge in [-0.1, -0.05) is 18.6 Å². The summed E-state index contributed by atoms with van der Waals surface area (Å²) in [6.07, 6.45) is 9.26. The molecule has 0 aliphatic heterocycles. The van der Waals surface area contributed by atoms with Crippen LogP contribution in [0.3, 0.4) is 0 Å². The molecule has 1 nitrogen and oxygen atoms in total. The van der Waals surface area contributed by atoms with Gasteiger partial charge < -0.3 is 4.12 Å². The Morgan fingerprint density at radius 1 is 1.25 bits per heavy atom. The van der Waals surface area contributed by atoms with Crippen LogP contribution in [0.15, 0.2) is 12.2 Å². The lowest BCUT2D eigenvalue weighted by atomic mass is 9.91. The van der Waals surface area contributed by atoms with E-state index in [1.54, 1.807) is 0 Å². The molecule has 0 amide bonds. The first-order valence-corrected chi connectivity index (χ1v) is 12.7. The topological polar surface area (TPSA) is 9.23 Å². The molecular weight excluding hydrogens is 228 g/mol. The van der Waals surface area contributed by atoms with Crippen LogP contribution in [0.4, 0.5) is 0 Å². The number of rotatable bonds is 5. The van der Waals surface area contributed by atoms with Crippen molar-refractivity contribution in [2.24, 2.45) is 17.8 Å². The fourth-order valence-corrected chi connectivity index (χ4v) is 10.1. The van der Waals surface area contributed by atoms with Crippen molar-refractivity contribution < 1.29 is 4.12 Å². The lowest BCUT2D eigenvalue weighted by molar-refractivity contribution is 0.423. The van der Waals surface area contributed by atoms with Gasteiger partial charge in [0.1, 0.15) is 0 Å². The molecule has 1 fully saturated rings. The summed E-state index contributed by atoms with van der Waals surface area (Å²) in [5, 5.41) is 0. The standard InChI is InChI=1S/C13H26OSi2/c1-15(2)14-16(3,4)8-7-13-10-11-5-6-12(13)9-11/h5-6,11-13,15H,7-10H2,1-4H3. The summed E-state index contributed by atoms with van der Waals surface area (Å²) < 4.78 is 6.24. The van der Waals surface area contributed by atoms with Gasteiger partial charge in [-0.25, -0.2) is 0 Å². The average molecular weight is 255 g/mol. The molecule has 0 saturated heterocycles. The largest absolute Gasteiger partial charge is 0.458 e. The second-order valence-electron chi connectivity index (χ2n) is 6.51. The molecule has 3 atom stereocenters. The quantitative estimate of drug-likeness (QED) is 0.536. The van der Waals surface area contributed by atoms with Crippen molar-refractivity contribution in [2.45, 2.75) is 51.5 Å². The van der Waals surface area contributed by atoms with E-state index in [0.29, 0.717) is 0 Å². The first-order chi connectivity index (χ1) is 7.46. The molecule has 92 valence electrons. The third kappa shape index (κ3) is 3.08. The molecule has 2 rings (SSSR count). The van der Waals surface area contributed by atoms with Crippen LogP contribution in [0.5, 0.6) is 0 Å². The van der Waals surface area contributed by atoms with Crippen LogP contribution in [-0.4, -0.2) is 17.4 Å². The van der Waals surface area contributed by atoms with E-state index in [0.717, 1.165) is 17.8 Å². The third-order valence-electron chi connectivity index (χ3n) is 4.09. The normalized spacial score (nSPS) is 32.9. The lowest BCUT2D eigenvalue weighted by Crippen LogP contribution is -2.35. The van der Waals surface area contributed by atoms with Crippen LogP contribution >= 0.6 is 0 Å². The highest BCUT2D eigenvalue weighted by molar-refractivity contribution is 6.77. The van der Waals surface area contributed by atoms with Crippen LogP contribution in [0.1, 0.15) is 19.3 Å². The SMILES string of the molecule is C[SiH](C)O[Si](C)(C)CCC1CC2C=CC1C2. The number of hydrogen-bond donors (Lipinski definition) is 0. The van der Waals surface area contributed by atoms with Gasteiger partial charge in [0.25, 0.3) is 0 Å². The van der Waals surface area contributed by atoms with Crippen molar-refractivity contribution in [3.8, 4) is 0 Å². The summed E-state index contributed by atoms with van der Waals surface area (Å²) in [5.41, 5.74) is 0. The highest BCUT2D eigenvalue weighted by Gasteiger charge is 2.36. The van der Waals surface area contributed by atoms with Crippen molar-refractivity contribution in [1.29, 1.82) is 0 Å². The highest BCUT2D eigenvalue weighted by Crippen LogP contribution is 2.46. The Bertz CT molecular complexity index is 273. The van der Waals surface area contributed by atoms with E-state index in [1.165, 1.54) is 25.3 Å². The van der Waals surface area contributed by atoms with Gasteiger partial charge in [-0.15, -0.1) is 0 Å². The maximum absolute atomic E-state index is 6.24. The second kappa shape index (κ2) is 4.79. The zero-order valence-corrected chi connectivity index (χ0v) is 13.4. The Hall–Kier alpha value is 0.134. The van der Waals surface area contributed by atoms with Crippen LogP contribution in [-0.2, 0) is 4.12 Å². The Morgan fingerprint density at radius 2 is 2.00 bits per heavy atom. The first-order valence-electron chi connectivity index (χ1n) is 6.82. The summed E-state index contributed by atoms with van der Waals surface area (Å²) in [6.45, 7) is 9.41. The van der Waals surface area contributed by atoms with E-state index in [-0.39, 0.29) is 0 Å².